The number of ether oxygens (including phenoxy) is 1. The first-order chi connectivity index (χ1) is 10.8. The van der Waals surface area contributed by atoms with Crippen molar-refractivity contribution in [3.8, 4) is 11.1 Å². The molecule has 6 heteroatoms. The molecule has 6 nitrogen and oxygen atoms in total. The van der Waals surface area contributed by atoms with Gasteiger partial charge >= 0.3 is 0 Å². The summed E-state index contributed by atoms with van der Waals surface area (Å²) in [6.07, 6.45) is 5.75. The van der Waals surface area contributed by atoms with Crippen molar-refractivity contribution in [3.05, 3.63) is 36.8 Å². The van der Waals surface area contributed by atoms with Crippen molar-refractivity contribution in [1.29, 1.82) is 0 Å². The van der Waals surface area contributed by atoms with Gasteiger partial charge in [0.2, 0.25) is 0 Å². The molecule has 1 aliphatic rings. The van der Waals surface area contributed by atoms with E-state index in [0.717, 1.165) is 54.0 Å². The van der Waals surface area contributed by atoms with E-state index >= 15 is 0 Å². The Morgan fingerprint density at radius 3 is 2.73 bits per heavy atom. The Kier molecular flexibility index (Phi) is 3.23. The standard InChI is InChI=1S/C16H17N5O/c1-20-11-13(9-18-20)12-2-3-15-14(8-12)16(10-17-19-15)21-4-6-22-7-5-21/h2-3,8-11H,4-7H2,1H3. The Hall–Kier alpha value is -2.47. The number of aryl methyl sites for hydroxylation is 1. The normalized spacial score (nSPS) is 15.4. The van der Waals surface area contributed by atoms with Gasteiger partial charge in [-0.15, -0.1) is 0 Å². The highest BCUT2D eigenvalue weighted by Crippen LogP contribution is 2.29. The maximum atomic E-state index is 5.44. The van der Waals surface area contributed by atoms with Crippen LogP contribution in [-0.4, -0.2) is 46.3 Å². The lowest BCUT2D eigenvalue weighted by Gasteiger charge is -2.29. The van der Waals surface area contributed by atoms with E-state index in [1.807, 2.05) is 36.4 Å². The first-order valence-corrected chi connectivity index (χ1v) is 7.38. The Labute approximate surface area is 128 Å². The van der Waals surface area contributed by atoms with E-state index in [2.05, 4.69) is 32.3 Å². The minimum atomic E-state index is 0.756. The third-order valence-electron chi connectivity index (χ3n) is 4.01. The third kappa shape index (κ3) is 2.31. The fourth-order valence-corrected chi connectivity index (χ4v) is 2.85. The molecule has 0 saturated carbocycles. The van der Waals surface area contributed by atoms with Crippen LogP contribution in [0.1, 0.15) is 0 Å². The van der Waals surface area contributed by atoms with Crippen LogP contribution in [0.3, 0.4) is 0 Å². The van der Waals surface area contributed by atoms with Crippen molar-refractivity contribution in [1.82, 2.24) is 20.0 Å². The van der Waals surface area contributed by atoms with E-state index in [4.69, 9.17) is 4.74 Å². The Balaban J connectivity index is 1.83. The van der Waals surface area contributed by atoms with Gasteiger partial charge in [0, 0.05) is 37.3 Å². The Morgan fingerprint density at radius 2 is 1.95 bits per heavy atom. The van der Waals surface area contributed by atoms with Gasteiger partial charge < -0.3 is 9.64 Å². The fourth-order valence-electron chi connectivity index (χ4n) is 2.85. The van der Waals surface area contributed by atoms with Crippen LogP contribution in [0.2, 0.25) is 0 Å². The molecule has 0 atom stereocenters. The lowest BCUT2D eigenvalue weighted by molar-refractivity contribution is 0.123. The lowest BCUT2D eigenvalue weighted by Crippen LogP contribution is -2.36. The summed E-state index contributed by atoms with van der Waals surface area (Å²) in [5.41, 5.74) is 4.29. The summed E-state index contributed by atoms with van der Waals surface area (Å²) >= 11 is 0. The molecule has 0 N–H and O–H groups in total. The minimum Gasteiger partial charge on any atom is -0.378 e. The molecule has 3 aromatic rings. The van der Waals surface area contributed by atoms with Gasteiger partial charge in [-0.25, -0.2) is 0 Å². The molecule has 0 unspecified atom stereocenters. The summed E-state index contributed by atoms with van der Waals surface area (Å²) in [6, 6.07) is 6.26. The van der Waals surface area contributed by atoms with E-state index in [0.29, 0.717) is 0 Å². The number of hydrogen-bond acceptors (Lipinski definition) is 5. The zero-order valence-corrected chi connectivity index (χ0v) is 12.4. The van der Waals surface area contributed by atoms with Crippen LogP contribution in [0.4, 0.5) is 5.69 Å². The van der Waals surface area contributed by atoms with Gasteiger partial charge in [0.05, 0.1) is 36.8 Å². The lowest BCUT2D eigenvalue weighted by atomic mass is 10.1. The van der Waals surface area contributed by atoms with Crippen LogP contribution in [0.15, 0.2) is 36.8 Å². The average Bonchev–Trinajstić information content (AvgIpc) is 3.01. The van der Waals surface area contributed by atoms with Crippen LogP contribution >= 0.6 is 0 Å². The number of hydrogen-bond donors (Lipinski definition) is 0. The van der Waals surface area contributed by atoms with Crippen LogP contribution in [-0.2, 0) is 11.8 Å². The maximum absolute atomic E-state index is 5.44. The molecule has 0 radical (unpaired) electrons. The predicted octanol–water partition coefficient (Wildman–Crippen LogP) is 1.87. The molecule has 22 heavy (non-hydrogen) atoms. The summed E-state index contributed by atoms with van der Waals surface area (Å²) in [6.45, 7) is 3.29. The average molecular weight is 295 g/mol. The molecule has 112 valence electrons. The monoisotopic (exact) mass is 295 g/mol. The van der Waals surface area contributed by atoms with Gasteiger partial charge in [0.15, 0.2) is 0 Å². The number of anilines is 1. The summed E-state index contributed by atoms with van der Waals surface area (Å²) in [5, 5.41) is 13.8. The Morgan fingerprint density at radius 1 is 1.09 bits per heavy atom. The molecule has 1 aromatic carbocycles. The molecule has 0 spiro atoms. The number of benzene rings is 1. The summed E-state index contributed by atoms with van der Waals surface area (Å²) in [7, 11) is 1.93. The summed E-state index contributed by atoms with van der Waals surface area (Å²) in [4.78, 5) is 2.31. The zero-order valence-electron chi connectivity index (χ0n) is 12.4. The van der Waals surface area contributed by atoms with Crippen molar-refractivity contribution in [2.45, 2.75) is 0 Å². The van der Waals surface area contributed by atoms with Crippen LogP contribution in [0, 0.1) is 0 Å². The van der Waals surface area contributed by atoms with E-state index in [-0.39, 0.29) is 0 Å². The molecule has 0 amide bonds. The molecule has 1 saturated heterocycles. The van der Waals surface area contributed by atoms with Gasteiger partial charge in [0.1, 0.15) is 0 Å². The second kappa shape index (κ2) is 5.38. The number of fused-ring (bicyclic) bond motifs is 1. The quantitative estimate of drug-likeness (QED) is 0.722. The van der Waals surface area contributed by atoms with E-state index in [1.165, 1.54) is 0 Å². The van der Waals surface area contributed by atoms with Gasteiger partial charge in [-0.05, 0) is 17.7 Å². The molecule has 0 aliphatic carbocycles. The predicted molar refractivity (Wildman–Crippen MR) is 84.8 cm³/mol. The third-order valence-corrected chi connectivity index (χ3v) is 4.01. The molecule has 3 heterocycles. The minimum absolute atomic E-state index is 0.756. The summed E-state index contributed by atoms with van der Waals surface area (Å²) in [5.74, 6) is 0. The molecule has 1 aliphatic heterocycles. The van der Waals surface area contributed by atoms with Crippen LogP contribution < -0.4 is 4.90 Å². The van der Waals surface area contributed by atoms with E-state index in [9.17, 15) is 0 Å². The largest absolute Gasteiger partial charge is 0.378 e. The highest BCUT2D eigenvalue weighted by molar-refractivity contribution is 5.94. The number of nitrogens with zero attached hydrogens (tertiary/aromatic N) is 5. The molecular weight excluding hydrogens is 278 g/mol. The molecule has 1 fully saturated rings. The first-order valence-electron chi connectivity index (χ1n) is 7.38. The number of morpholine rings is 1. The van der Waals surface area contributed by atoms with Crippen LogP contribution in [0.25, 0.3) is 22.0 Å². The molecule has 0 bridgehead atoms. The van der Waals surface area contributed by atoms with Gasteiger partial charge in [-0.1, -0.05) is 6.07 Å². The number of rotatable bonds is 2. The highest BCUT2D eigenvalue weighted by atomic mass is 16.5. The molecule has 4 rings (SSSR count). The SMILES string of the molecule is Cn1cc(-c2ccc3nncc(N4CCOCC4)c3c2)cn1. The van der Waals surface area contributed by atoms with Crippen molar-refractivity contribution in [3.63, 3.8) is 0 Å². The zero-order chi connectivity index (χ0) is 14.9. The molecule has 2 aromatic heterocycles. The topological polar surface area (TPSA) is 56.1 Å². The molecular formula is C16H17N5O. The van der Waals surface area contributed by atoms with Crippen molar-refractivity contribution >= 4 is 16.6 Å². The Bertz CT molecular complexity index is 807. The second-order valence-corrected chi connectivity index (χ2v) is 5.46. The van der Waals surface area contributed by atoms with Gasteiger partial charge in [-0.3, -0.25) is 4.68 Å². The van der Waals surface area contributed by atoms with Gasteiger partial charge in [-0.2, -0.15) is 15.3 Å². The van der Waals surface area contributed by atoms with Crippen LogP contribution in [0.5, 0.6) is 0 Å². The smallest absolute Gasteiger partial charge is 0.0950 e. The van der Waals surface area contributed by atoms with E-state index < -0.39 is 0 Å². The maximum Gasteiger partial charge on any atom is 0.0950 e. The number of aromatic nitrogens is 4. The van der Waals surface area contributed by atoms with Crippen molar-refractivity contribution in [2.24, 2.45) is 7.05 Å². The first kappa shape index (κ1) is 13.2. The highest BCUT2D eigenvalue weighted by Gasteiger charge is 2.15. The second-order valence-electron chi connectivity index (χ2n) is 5.46. The summed E-state index contributed by atoms with van der Waals surface area (Å²) < 4.78 is 7.25. The van der Waals surface area contributed by atoms with Crippen molar-refractivity contribution < 1.29 is 4.74 Å². The fraction of sp³-hybridized carbons (Fsp3) is 0.312. The van der Waals surface area contributed by atoms with Crippen molar-refractivity contribution in [2.75, 3.05) is 31.2 Å². The van der Waals surface area contributed by atoms with Gasteiger partial charge in [0.25, 0.3) is 0 Å². The van der Waals surface area contributed by atoms with E-state index in [1.54, 1.807) is 0 Å².